The number of hydrogen-bond acceptors (Lipinski definition) is 3. The molecule has 0 aromatic rings. The van der Waals surface area contributed by atoms with Crippen LogP contribution in [0.2, 0.25) is 0 Å². The molecule has 68 valence electrons. The van der Waals surface area contributed by atoms with Gasteiger partial charge in [0.05, 0.1) is 0 Å². The summed E-state index contributed by atoms with van der Waals surface area (Å²) in [6.45, 7) is 0. The maximum absolute atomic E-state index is 10.9. The molecule has 0 radical (unpaired) electrons. The average molecular weight is 180 g/mol. The number of aliphatic imine (C=N–C) groups is 1. The van der Waals surface area contributed by atoms with Crippen LogP contribution in [0, 0.1) is 0 Å². The number of aliphatic carboxylic acids is 1. The number of primary amides is 1. The van der Waals surface area contributed by atoms with E-state index in [4.69, 9.17) is 10.8 Å². The second-order valence-electron chi connectivity index (χ2n) is 2.46. The number of amides is 1. The summed E-state index contributed by atoms with van der Waals surface area (Å²) in [6, 6.07) is 0. The van der Waals surface area contributed by atoms with Crippen molar-refractivity contribution in [2.45, 2.75) is 5.54 Å². The summed E-state index contributed by atoms with van der Waals surface area (Å²) in [5.74, 6) is -2.38. The Bertz CT molecular complexity index is 296. The van der Waals surface area contributed by atoms with Gasteiger partial charge in [0.2, 0.25) is 0 Å². The van der Waals surface area contributed by atoms with Gasteiger partial charge >= 0.3 is 5.97 Å². The van der Waals surface area contributed by atoms with Gasteiger partial charge in [0.1, 0.15) is 0 Å². The van der Waals surface area contributed by atoms with Crippen LogP contribution in [0.25, 0.3) is 0 Å². The van der Waals surface area contributed by atoms with E-state index >= 15 is 0 Å². The van der Waals surface area contributed by atoms with Crippen LogP contribution in [0.1, 0.15) is 0 Å². The number of carboxylic acids is 1. The van der Waals surface area contributed by atoms with E-state index in [9.17, 15) is 9.59 Å². The van der Waals surface area contributed by atoms with Crippen molar-refractivity contribution in [3.8, 4) is 0 Å². The van der Waals surface area contributed by atoms with Gasteiger partial charge in [0, 0.05) is 6.21 Å². The summed E-state index contributed by atoms with van der Waals surface area (Å²) >= 11 is 0. The molecule has 3 N–H and O–H groups in total. The monoisotopic (exact) mass is 180 g/mol. The lowest BCUT2D eigenvalue weighted by atomic mass is 10.00. The fourth-order valence-corrected chi connectivity index (χ4v) is 0.890. The van der Waals surface area contributed by atoms with Gasteiger partial charge in [0.25, 0.3) is 11.4 Å². The van der Waals surface area contributed by atoms with Crippen molar-refractivity contribution in [2.24, 2.45) is 10.7 Å². The van der Waals surface area contributed by atoms with Crippen LogP contribution >= 0.6 is 0 Å². The van der Waals surface area contributed by atoms with Gasteiger partial charge in [-0.05, 0) is 12.2 Å². The fourth-order valence-electron chi connectivity index (χ4n) is 0.890. The number of carboxylic acid groups (broad SMARTS) is 1. The highest BCUT2D eigenvalue weighted by Gasteiger charge is 2.41. The topological polar surface area (TPSA) is 92.8 Å². The Morgan fingerprint density at radius 3 is 2.54 bits per heavy atom. The molecule has 1 rings (SSSR count). The van der Waals surface area contributed by atoms with Crippen molar-refractivity contribution in [1.82, 2.24) is 0 Å². The minimum Gasteiger partial charge on any atom is -0.479 e. The zero-order valence-corrected chi connectivity index (χ0v) is 6.68. The Labute approximate surface area is 74.3 Å². The van der Waals surface area contributed by atoms with Crippen LogP contribution < -0.4 is 5.73 Å². The molecule has 0 aromatic carbocycles. The first-order valence-electron chi connectivity index (χ1n) is 3.52. The Hall–Kier alpha value is -1.91. The summed E-state index contributed by atoms with van der Waals surface area (Å²) in [5, 5.41) is 8.79. The Morgan fingerprint density at radius 1 is 1.31 bits per heavy atom. The van der Waals surface area contributed by atoms with Crippen molar-refractivity contribution < 1.29 is 14.7 Å². The molecule has 5 heteroatoms. The first-order valence-corrected chi connectivity index (χ1v) is 3.52. The van der Waals surface area contributed by atoms with Crippen molar-refractivity contribution in [2.75, 3.05) is 0 Å². The van der Waals surface area contributed by atoms with Crippen LogP contribution in [0.4, 0.5) is 0 Å². The number of nitrogens with zero attached hydrogens (tertiary/aromatic N) is 1. The minimum atomic E-state index is -1.95. The molecule has 0 aromatic heterocycles. The van der Waals surface area contributed by atoms with E-state index in [1.807, 2.05) is 0 Å². The lowest BCUT2D eigenvalue weighted by Gasteiger charge is -2.15. The molecule has 1 amide bonds. The van der Waals surface area contributed by atoms with E-state index in [0.717, 1.165) is 6.08 Å². The van der Waals surface area contributed by atoms with Crippen LogP contribution in [-0.4, -0.2) is 28.7 Å². The first-order chi connectivity index (χ1) is 6.09. The normalized spacial score (nSPS) is 25.5. The highest BCUT2D eigenvalue weighted by molar-refractivity contribution is 6.10. The molecule has 1 atom stereocenters. The Balaban J connectivity index is 3.19. The standard InChI is InChI=1S/C8H8N2O3/c9-6(11)8(7(12)13)4-2-1-3-5-10-8/h1-5H,(H2,9,11)(H,12,13). The van der Waals surface area contributed by atoms with Crippen molar-refractivity contribution in [3.05, 3.63) is 24.3 Å². The predicted molar refractivity (Wildman–Crippen MR) is 46.3 cm³/mol. The molecule has 0 fully saturated rings. The maximum Gasteiger partial charge on any atom is 0.345 e. The van der Waals surface area contributed by atoms with Crippen LogP contribution in [0.3, 0.4) is 0 Å². The van der Waals surface area contributed by atoms with Gasteiger partial charge in [-0.25, -0.2) is 4.79 Å². The molecule has 5 nitrogen and oxygen atoms in total. The minimum absolute atomic E-state index is 1.00. The molecule has 1 unspecified atom stereocenters. The van der Waals surface area contributed by atoms with Gasteiger partial charge in [-0.15, -0.1) is 0 Å². The third-order valence-electron chi connectivity index (χ3n) is 1.63. The first kappa shape index (κ1) is 9.18. The van der Waals surface area contributed by atoms with Gasteiger partial charge in [0.15, 0.2) is 0 Å². The molecule has 0 aliphatic carbocycles. The number of carbonyl (C=O) groups excluding carboxylic acids is 1. The number of nitrogens with two attached hydrogens (primary N) is 1. The van der Waals surface area contributed by atoms with Gasteiger partial charge in [-0.3, -0.25) is 9.79 Å². The molecule has 13 heavy (non-hydrogen) atoms. The number of allylic oxidation sites excluding steroid dienone is 3. The van der Waals surface area contributed by atoms with E-state index in [2.05, 4.69) is 4.99 Å². The molecule has 1 aliphatic rings. The van der Waals surface area contributed by atoms with Crippen molar-refractivity contribution >= 4 is 18.1 Å². The van der Waals surface area contributed by atoms with E-state index in [1.54, 1.807) is 6.08 Å². The number of rotatable bonds is 2. The molecule has 1 aliphatic heterocycles. The Kier molecular flexibility index (Phi) is 2.27. The highest BCUT2D eigenvalue weighted by atomic mass is 16.4. The predicted octanol–water partition coefficient (Wildman–Crippen LogP) is -0.508. The molecule has 0 spiro atoms. The summed E-state index contributed by atoms with van der Waals surface area (Å²) in [6.07, 6.45) is 6.89. The van der Waals surface area contributed by atoms with E-state index in [1.165, 1.54) is 18.4 Å². The van der Waals surface area contributed by atoms with Crippen LogP contribution in [0.5, 0.6) is 0 Å². The molecular weight excluding hydrogens is 172 g/mol. The SMILES string of the molecule is NC(=O)C1(C(=O)O)C=CC=CC=N1. The summed E-state index contributed by atoms with van der Waals surface area (Å²) < 4.78 is 0. The average Bonchev–Trinajstić information content (AvgIpc) is 2.28. The Morgan fingerprint density at radius 2 is 2.00 bits per heavy atom. The lowest BCUT2D eigenvalue weighted by molar-refractivity contribution is -0.145. The molecular formula is C8H8N2O3. The largest absolute Gasteiger partial charge is 0.479 e. The molecule has 1 heterocycles. The second kappa shape index (κ2) is 3.22. The fraction of sp³-hybridized carbons (Fsp3) is 0.125. The smallest absolute Gasteiger partial charge is 0.345 e. The van der Waals surface area contributed by atoms with Crippen molar-refractivity contribution in [1.29, 1.82) is 0 Å². The van der Waals surface area contributed by atoms with Crippen molar-refractivity contribution in [3.63, 3.8) is 0 Å². The molecule has 0 bridgehead atoms. The molecule has 0 saturated heterocycles. The van der Waals surface area contributed by atoms with Gasteiger partial charge in [-0.2, -0.15) is 0 Å². The third kappa shape index (κ3) is 1.48. The van der Waals surface area contributed by atoms with Crippen LogP contribution in [0.15, 0.2) is 29.3 Å². The summed E-state index contributed by atoms with van der Waals surface area (Å²) in [7, 11) is 0. The highest BCUT2D eigenvalue weighted by Crippen LogP contribution is 2.14. The van der Waals surface area contributed by atoms with Crippen LogP contribution in [-0.2, 0) is 9.59 Å². The molecule has 0 saturated carbocycles. The lowest BCUT2D eigenvalue weighted by Crippen LogP contribution is -2.47. The quantitative estimate of drug-likeness (QED) is 0.560. The van der Waals surface area contributed by atoms with Gasteiger partial charge < -0.3 is 10.8 Å². The maximum atomic E-state index is 10.9. The number of carbonyl (C=O) groups is 2. The number of hydrogen-bond donors (Lipinski definition) is 2. The van der Waals surface area contributed by atoms with E-state index < -0.39 is 17.4 Å². The van der Waals surface area contributed by atoms with Gasteiger partial charge in [-0.1, -0.05) is 12.2 Å². The zero-order chi connectivity index (χ0) is 9.90. The van der Waals surface area contributed by atoms with E-state index in [0.29, 0.717) is 0 Å². The zero-order valence-electron chi connectivity index (χ0n) is 6.68. The van der Waals surface area contributed by atoms with E-state index in [-0.39, 0.29) is 0 Å². The third-order valence-corrected chi connectivity index (χ3v) is 1.63. The summed E-state index contributed by atoms with van der Waals surface area (Å²) in [5.41, 5.74) is 3.01. The summed E-state index contributed by atoms with van der Waals surface area (Å²) in [4.78, 5) is 25.3. The second-order valence-corrected chi connectivity index (χ2v) is 2.46.